The summed E-state index contributed by atoms with van der Waals surface area (Å²) in [4.78, 5) is 0. The van der Waals surface area contributed by atoms with Crippen LogP contribution in [0, 0.1) is 20.8 Å². The highest BCUT2D eigenvalue weighted by atomic mass is 15.3. The lowest BCUT2D eigenvalue weighted by Crippen LogP contribution is -2.19. The highest BCUT2D eigenvalue weighted by Gasteiger charge is 2.27. The topological polar surface area (TPSA) is 30.7 Å². The summed E-state index contributed by atoms with van der Waals surface area (Å²) in [5.41, 5.74) is 8.23. The van der Waals surface area contributed by atoms with E-state index in [1.54, 1.807) is 0 Å². The van der Waals surface area contributed by atoms with E-state index in [4.69, 9.17) is 0 Å². The number of nitrogens with zero attached hydrogens (tertiary/aromatic N) is 3. The van der Waals surface area contributed by atoms with E-state index in [0.29, 0.717) is 0 Å². The summed E-state index contributed by atoms with van der Waals surface area (Å²) >= 11 is 0. The lowest BCUT2D eigenvalue weighted by atomic mass is 9.94. The maximum Gasteiger partial charge on any atom is 0.168 e. The number of aromatic nitrogens is 3. The van der Waals surface area contributed by atoms with Crippen molar-refractivity contribution in [3.05, 3.63) is 89.2 Å². The molecule has 0 saturated heterocycles. The Labute approximate surface area is 179 Å². The molecule has 0 aliphatic carbocycles. The molecule has 0 radical (unpaired) electrons. The Morgan fingerprint density at radius 1 is 0.667 bits per heavy atom. The van der Waals surface area contributed by atoms with Gasteiger partial charge in [0.2, 0.25) is 0 Å². The second-order valence-corrected chi connectivity index (χ2v) is 9.13. The molecule has 30 heavy (non-hydrogen) atoms. The summed E-state index contributed by atoms with van der Waals surface area (Å²) in [5.74, 6) is 1.85. The van der Waals surface area contributed by atoms with Crippen LogP contribution in [0.1, 0.15) is 43.3 Å². The zero-order valence-electron chi connectivity index (χ0n) is 18.7. The standard InChI is InChI=1S/C27H29N3/c1-18-15-19(2)24(20(3)16-18)30-25(28-29-26(30)27(4,5)6)23-14-10-13-22(17-23)21-11-8-7-9-12-21/h7-17H,1-6H3. The first-order valence-corrected chi connectivity index (χ1v) is 10.5. The molecule has 152 valence electrons. The molecule has 0 fully saturated rings. The second kappa shape index (κ2) is 7.56. The molecule has 3 nitrogen and oxygen atoms in total. The third-order valence-electron chi connectivity index (χ3n) is 5.42. The van der Waals surface area contributed by atoms with E-state index >= 15 is 0 Å². The lowest BCUT2D eigenvalue weighted by Gasteiger charge is -2.23. The van der Waals surface area contributed by atoms with Gasteiger partial charge in [-0.25, -0.2) is 0 Å². The Morgan fingerprint density at radius 3 is 1.90 bits per heavy atom. The van der Waals surface area contributed by atoms with Crippen molar-refractivity contribution in [1.82, 2.24) is 14.8 Å². The van der Waals surface area contributed by atoms with Gasteiger partial charge >= 0.3 is 0 Å². The SMILES string of the molecule is Cc1cc(C)c(-n2c(-c3cccc(-c4ccccc4)c3)nnc2C(C)(C)C)c(C)c1. The fourth-order valence-corrected chi connectivity index (χ4v) is 4.16. The fraction of sp³-hybridized carbons (Fsp3) is 0.259. The van der Waals surface area contributed by atoms with Crippen LogP contribution >= 0.6 is 0 Å². The first kappa shape index (κ1) is 20.1. The van der Waals surface area contributed by atoms with Crippen LogP contribution in [0.25, 0.3) is 28.2 Å². The zero-order valence-corrected chi connectivity index (χ0v) is 18.7. The molecule has 0 N–H and O–H groups in total. The minimum absolute atomic E-state index is 0.133. The van der Waals surface area contributed by atoms with Crippen LogP contribution in [0.5, 0.6) is 0 Å². The van der Waals surface area contributed by atoms with Crippen molar-refractivity contribution in [1.29, 1.82) is 0 Å². The third-order valence-corrected chi connectivity index (χ3v) is 5.42. The van der Waals surface area contributed by atoms with Crippen LogP contribution < -0.4 is 0 Å². The molecule has 4 aromatic rings. The summed E-state index contributed by atoms with van der Waals surface area (Å²) in [6.07, 6.45) is 0. The Morgan fingerprint density at radius 2 is 1.27 bits per heavy atom. The first-order valence-electron chi connectivity index (χ1n) is 10.5. The van der Waals surface area contributed by atoms with Crippen molar-refractivity contribution in [2.75, 3.05) is 0 Å². The Balaban J connectivity index is 1.97. The Hall–Kier alpha value is -3.20. The predicted molar refractivity (Wildman–Crippen MR) is 125 cm³/mol. The molecule has 4 rings (SSSR count). The summed E-state index contributed by atoms with van der Waals surface area (Å²) in [6.45, 7) is 13.1. The number of hydrogen-bond acceptors (Lipinski definition) is 2. The highest BCUT2D eigenvalue weighted by Crippen LogP contribution is 2.34. The van der Waals surface area contributed by atoms with E-state index in [1.165, 1.54) is 33.5 Å². The molecule has 0 bridgehead atoms. The van der Waals surface area contributed by atoms with Gasteiger partial charge in [0.15, 0.2) is 5.82 Å². The molecular formula is C27H29N3. The van der Waals surface area contributed by atoms with E-state index in [9.17, 15) is 0 Å². The van der Waals surface area contributed by atoms with Crippen molar-refractivity contribution in [2.45, 2.75) is 47.0 Å². The van der Waals surface area contributed by atoms with Crippen molar-refractivity contribution in [3.8, 4) is 28.2 Å². The largest absolute Gasteiger partial charge is 0.278 e. The Bertz CT molecular complexity index is 1170. The minimum atomic E-state index is -0.133. The Kier molecular flexibility index (Phi) is 5.07. The van der Waals surface area contributed by atoms with Crippen LogP contribution in [-0.2, 0) is 5.41 Å². The summed E-state index contributed by atoms with van der Waals surface area (Å²) in [5, 5.41) is 9.34. The summed E-state index contributed by atoms with van der Waals surface area (Å²) in [6, 6.07) is 23.5. The second-order valence-electron chi connectivity index (χ2n) is 9.13. The quantitative estimate of drug-likeness (QED) is 0.381. The van der Waals surface area contributed by atoms with Gasteiger partial charge in [-0.1, -0.05) is 87.0 Å². The molecule has 1 heterocycles. The maximum atomic E-state index is 4.68. The van der Waals surface area contributed by atoms with Gasteiger partial charge in [0, 0.05) is 11.0 Å². The number of aryl methyl sites for hydroxylation is 3. The van der Waals surface area contributed by atoms with E-state index in [0.717, 1.165) is 17.2 Å². The third kappa shape index (κ3) is 3.68. The molecule has 0 saturated carbocycles. The van der Waals surface area contributed by atoms with E-state index in [1.807, 2.05) is 6.07 Å². The van der Waals surface area contributed by atoms with Crippen molar-refractivity contribution in [3.63, 3.8) is 0 Å². The fourth-order valence-electron chi connectivity index (χ4n) is 4.16. The number of benzene rings is 3. The maximum absolute atomic E-state index is 4.68. The van der Waals surface area contributed by atoms with Crippen LogP contribution in [-0.4, -0.2) is 14.8 Å². The van der Waals surface area contributed by atoms with Crippen molar-refractivity contribution in [2.24, 2.45) is 0 Å². The molecule has 0 atom stereocenters. The monoisotopic (exact) mass is 395 g/mol. The highest BCUT2D eigenvalue weighted by molar-refractivity contribution is 5.71. The van der Waals surface area contributed by atoms with Gasteiger partial charge in [0.1, 0.15) is 5.82 Å². The number of hydrogen-bond donors (Lipinski definition) is 0. The molecule has 3 heteroatoms. The lowest BCUT2D eigenvalue weighted by molar-refractivity contribution is 0.533. The molecule has 0 unspecified atom stereocenters. The predicted octanol–water partition coefficient (Wildman–Crippen LogP) is 6.82. The van der Waals surface area contributed by atoms with Gasteiger partial charge in [0.05, 0.1) is 5.69 Å². The normalized spacial score (nSPS) is 11.7. The van der Waals surface area contributed by atoms with Gasteiger partial charge in [-0.05, 0) is 49.1 Å². The summed E-state index contributed by atoms with van der Waals surface area (Å²) in [7, 11) is 0. The van der Waals surface area contributed by atoms with Crippen LogP contribution in [0.2, 0.25) is 0 Å². The van der Waals surface area contributed by atoms with Crippen LogP contribution in [0.3, 0.4) is 0 Å². The van der Waals surface area contributed by atoms with Crippen LogP contribution in [0.15, 0.2) is 66.7 Å². The van der Waals surface area contributed by atoms with E-state index in [-0.39, 0.29) is 5.41 Å². The molecule has 0 spiro atoms. The first-order chi connectivity index (χ1) is 14.3. The van der Waals surface area contributed by atoms with Gasteiger partial charge in [-0.15, -0.1) is 10.2 Å². The summed E-state index contributed by atoms with van der Waals surface area (Å²) < 4.78 is 2.26. The molecule has 3 aromatic carbocycles. The zero-order chi connectivity index (χ0) is 21.5. The average Bonchev–Trinajstić information content (AvgIpc) is 3.13. The smallest absolute Gasteiger partial charge is 0.168 e. The molecule has 0 aliphatic rings. The van der Waals surface area contributed by atoms with Gasteiger partial charge in [0.25, 0.3) is 0 Å². The van der Waals surface area contributed by atoms with E-state index in [2.05, 4.69) is 117 Å². The van der Waals surface area contributed by atoms with Crippen molar-refractivity contribution < 1.29 is 0 Å². The van der Waals surface area contributed by atoms with Crippen molar-refractivity contribution >= 4 is 0 Å². The van der Waals surface area contributed by atoms with Crippen LogP contribution in [0.4, 0.5) is 0 Å². The van der Waals surface area contributed by atoms with Gasteiger partial charge in [-0.3, -0.25) is 4.57 Å². The molecule has 0 aliphatic heterocycles. The molecular weight excluding hydrogens is 366 g/mol. The van der Waals surface area contributed by atoms with E-state index < -0.39 is 0 Å². The van der Waals surface area contributed by atoms with Gasteiger partial charge < -0.3 is 0 Å². The number of rotatable bonds is 3. The molecule has 1 aromatic heterocycles. The average molecular weight is 396 g/mol. The minimum Gasteiger partial charge on any atom is -0.278 e. The molecule has 0 amide bonds. The van der Waals surface area contributed by atoms with Gasteiger partial charge in [-0.2, -0.15) is 0 Å².